The first-order valence-corrected chi connectivity index (χ1v) is 7.36. The summed E-state index contributed by atoms with van der Waals surface area (Å²) >= 11 is 3.16. The lowest BCUT2D eigenvalue weighted by atomic mass is 10.2. The van der Waals surface area contributed by atoms with Gasteiger partial charge in [0.15, 0.2) is 0 Å². The van der Waals surface area contributed by atoms with Crippen LogP contribution in [0.4, 0.5) is 5.00 Å². The van der Waals surface area contributed by atoms with Gasteiger partial charge in [-0.05, 0) is 19.7 Å². The number of hydrogen-bond acceptors (Lipinski definition) is 7. The zero-order chi connectivity index (χ0) is 12.0. The second kappa shape index (κ2) is 7.05. The van der Waals surface area contributed by atoms with Gasteiger partial charge in [0.25, 0.3) is 0 Å². The molecule has 1 atom stereocenters. The fourth-order valence-electron chi connectivity index (χ4n) is 1.54. The van der Waals surface area contributed by atoms with Crippen LogP contribution in [0.1, 0.15) is 19.0 Å². The van der Waals surface area contributed by atoms with Crippen LogP contribution in [0.25, 0.3) is 0 Å². The maximum atomic E-state index is 5.40. The van der Waals surface area contributed by atoms with E-state index in [2.05, 4.69) is 40.1 Å². The molecule has 16 heavy (non-hydrogen) atoms. The summed E-state index contributed by atoms with van der Waals surface area (Å²) in [5, 5.41) is 4.93. The van der Waals surface area contributed by atoms with Crippen molar-refractivity contribution in [2.24, 2.45) is 5.84 Å². The third kappa shape index (κ3) is 3.58. The molecule has 0 bridgehead atoms. The van der Waals surface area contributed by atoms with Gasteiger partial charge in [0, 0.05) is 29.9 Å². The van der Waals surface area contributed by atoms with Crippen molar-refractivity contribution >= 4 is 28.3 Å². The van der Waals surface area contributed by atoms with Crippen molar-refractivity contribution in [2.75, 3.05) is 24.5 Å². The van der Waals surface area contributed by atoms with Gasteiger partial charge in [-0.25, -0.2) is 5.84 Å². The second-order valence-electron chi connectivity index (χ2n) is 3.63. The van der Waals surface area contributed by atoms with Crippen molar-refractivity contribution in [1.82, 2.24) is 14.5 Å². The third-order valence-electron chi connectivity index (χ3n) is 2.54. The van der Waals surface area contributed by atoms with Crippen LogP contribution >= 0.6 is 23.3 Å². The van der Waals surface area contributed by atoms with Gasteiger partial charge in [-0.1, -0.05) is 11.4 Å². The first kappa shape index (κ1) is 13.7. The quantitative estimate of drug-likeness (QED) is 0.571. The summed E-state index contributed by atoms with van der Waals surface area (Å²) in [5.74, 6) is 6.53. The molecule has 92 valence electrons. The van der Waals surface area contributed by atoms with Crippen LogP contribution < -0.4 is 11.3 Å². The molecule has 3 N–H and O–H groups in total. The molecule has 1 heterocycles. The second-order valence-corrected chi connectivity index (χ2v) is 5.29. The molecular formula is C9H19N5S2. The molecule has 0 spiro atoms. The maximum absolute atomic E-state index is 5.40. The number of rotatable bonds is 7. The van der Waals surface area contributed by atoms with Crippen molar-refractivity contribution in [3.8, 4) is 0 Å². The number of nitrogens with one attached hydrogen (secondary N) is 1. The van der Waals surface area contributed by atoms with Gasteiger partial charge < -0.3 is 5.43 Å². The van der Waals surface area contributed by atoms with E-state index in [0.717, 1.165) is 29.4 Å². The molecule has 0 fully saturated rings. The van der Waals surface area contributed by atoms with Crippen molar-refractivity contribution in [3.63, 3.8) is 0 Å². The van der Waals surface area contributed by atoms with E-state index >= 15 is 0 Å². The van der Waals surface area contributed by atoms with Crippen molar-refractivity contribution in [1.29, 1.82) is 0 Å². The number of hydrazine groups is 1. The third-order valence-corrected chi connectivity index (χ3v) is 3.96. The number of hydrogen-bond donors (Lipinski definition) is 2. The summed E-state index contributed by atoms with van der Waals surface area (Å²) in [6.07, 6.45) is 3.27. The van der Waals surface area contributed by atoms with Crippen LogP contribution in [0.2, 0.25) is 0 Å². The predicted molar refractivity (Wildman–Crippen MR) is 71.6 cm³/mol. The summed E-state index contributed by atoms with van der Waals surface area (Å²) in [6.45, 7) is 2.99. The number of aromatic nitrogens is 2. The Labute approximate surface area is 105 Å². The molecule has 7 heteroatoms. The molecule has 1 unspecified atom stereocenters. The summed E-state index contributed by atoms with van der Waals surface area (Å²) in [7, 11) is 2.12. The largest absolute Gasteiger partial charge is 0.313 e. The standard InChI is InChI=1S/C9H19N5S2/c1-4-7(6-15-3)14(2)5-8-9(11-10)16-13-12-8/h7,11H,4-6,10H2,1-3H3. The van der Waals surface area contributed by atoms with Crippen LogP contribution in [-0.4, -0.2) is 39.6 Å². The molecule has 0 radical (unpaired) electrons. The fraction of sp³-hybridized carbons (Fsp3) is 0.778. The smallest absolute Gasteiger partial charge is 0.148 e. The number of thioether (sulfide) groups is 1. The molecule has 0 amide bonds. The zero-order valence-corrected chi connectivity index (χ0v) is 11.6. The monoisotopic (exact) mass is 261 g/mol. The van der Waals surface area contributed by atoms with E-state index in [1.54, 1.807) is 0 Å². The number of nitrogens with two attached hydrogens (primary N) is 1. The molecule has 0 saturated carbocycles. The highest BCUT2D eigenvalue weighted by molar-refractivity contribution is 7.98. The van der Waals surface area contributed by atoms with Crippen LogP contribution in [0.3, 0.4) is 0 Å². The Morgan fingerprint density at radius 3 is 2.94 bits per heavy atom. The van der Waals surface area contributed by atoms with Crippen molar-refractivity contribution in [3.05, 3.63) is 5.69 Å². The highest BCUT2D eigenvalue weighted by atomic mass is 32.2. The predicted octanol–water partition coefficient (Wildman–Crippen LogP) is 1.40. The normalized spacial score (nSPS) is 13.1. The van der Waals surface area contributed by atoms with Gasteiger partial charge in [-0.2, -0.15) is 11.8 Å². The fourth-order valence-corrected chi connectivity index (χ4v) is 2.90. The Kier molecular flexibility index (Phi) is 6.04. The molecule has 5 nitrogen and oxygen atoms in total. The van der Waals surface area contributed by atoms with Crippen LogP contribution in [0.5, 0.6) is 0 Å². The minimum atomic E-state index is 0.572. The first-order valence-electron chi connectivity index (χ1n) is 5.19. The lowest BCUT2D eigenvalue weighted by molar-refractivity contribution is 0.245. The molecule has 0 aromatic carbocycles. The lowest BCUT2D eigenvalue weighted by Gasteiger charge is -2.25. The Bertz CT molecular complexity index is 304. The topological polar surface area (TPSA) is 67.1 Å². The Hall–Kier alpha value is -0.370. The van der Waals surface area contributed by atoms with Gasteiger partial charge in [0.2, 0.25) is 0 Å². The van der Waals surface area contributed by atoms with E-state index in [0.29, 0.717) is 6.04 Å². The maximum Gasteiger partial charge on any atom is 0.148 e. The Morgan fingerprint density at radius 1 is 1.62 bits per heavy atom. The van der Waals surface area contributed by atoms with E-state index in [1.807, 2.05) is 11.8 Å². The Morgan fingerprint density at radius 2 is 2.38 bits per heavy atom. The molecule has 0 aliphatic rings. The molecular weight excluding hydrogens is 242 g/mol. The number of anilines is 1. The van der Waals surface area contributed by atoms with Gasteiger partial charge in [0.05, 0.1) is 0 Å². The molecule has 1 aromatic rings. The zero-order valence-electron chi connectivity index (χ0n) is 9.93. The minimum Gasteiger partial charge on any atom is -0.313 e. The molecule has 0 aliphatic carbocycles. The summed E-state index contributed by atoms with van der Waals surface area (Å²) in [6, 6.07) is 0.572. The van der Waals surface area contributed by atoms with Crippen LogP contribution in [-0.2, 0) is 6.54 Å². The molecule has 0 aliphatic heterocycles. The Balaban J connectivity index is 2.58. The van der Waals surface area contributed by atoms with Crippen molar-refractivity contribution in [2.45, 2.75) is 25.9 Å². The van der Waals surface area contributed by atoms with E-state index in [9.17, 15) is 0 Å². The van der Waals surface area contributed by atoms with Gasteiger partial charge >= 0.3 is 0 Å². The summed E-state index contributed by atoms with van der Waals surface area (Å²) < 4.78 is 3.89. The minimum absolute atomic E-state index is 0.572. The summed E-state index contributed by atoms with van der Waals surface area (Å²) in [4.78, 5) is 2.30. The number of nitrogen functional groups attached to an aromatic ring is 1. The van der Waals surface area contributed by atoms with Crippen LogP contribution in [0.15, 0.2) is 0 Å². The molecule has 0 saturated heterocycles. The van der Waals surface area contributed by atoms with Crippen LogP contribution in [0, 0.1) is 0 Å². The lowest BCUT2D eigenvalue weighted by Crippen LogP contribution is -2.33. The van der Waals surface area contributed by atoms with E-state index in [1.165, 1.54) is 11.5 Å². The van der Waals surface area contributed by atoms with E-state index in [-0.39, 0.29) is 0 Å². The highest BCUT2D eigenvalue weighted by Crippen LogP contribution is 2.19. The average Bonchev–Trinajstić information content (AvgIpc) is 2.72. The highest BCUT2D eigenvalue weighted by Gasteiger charge is 2.15. The molecule has 1 rings (SSSR count). The molecule has 1 aromatic heterocycles. The van der Waals surface area contributed by atoms with Gasteiger partial charge in [-0.3, -0.25) is 4.90 Å². The first-order chi connectivity index (χ1) is 7.72. The average molecular weight is 261 g/mol. The SMILES string of the molecule is CCC(CSC)N(C)Cc1nnsc1NN. The summed E-state index contributed by atoms with van der Waals surface area (Å²) in [5.41, 5.74) is 3.56. The van der Waals surface area contributed by atoms with Gasteiger partial charge in [-0.15, -0.1) is 5.10 Å². The number of nitrogens with zero attached hydrogens (tertiary/aromatic N) is 3. The van der Waals surface area contributed by atoms with E-state index < -0.39 is 0 Å². The van der Waals surface area contributed by atoms with E-state index in [4.69, 9.17) is 5.84 Å². The van der Waals surface area contributed by atoms with Gasteiger partial charge in [0.1, 0.15) is 10.7 Å². The van der Waals surface area contributed by atoms with Crippen molar-refractivity contribution < 1.29 is 0 Å².